The van der Waals surface area contributed by atoms with Gasteiger partial charge in [-0.3, -0.25) is 0 Å². The van der Waals surface area contributed by atoms with E-state index in [4.69, 9.17) is 23.7 Å². The van der Waals surface area contributed by atoms with E-state index in [1.807, 2.05) is 0 Å². The number of hydrogen-bond donors (Lipinski definition) is 0. The minimum atomic E-state index is -0.907. The first-order valence-electron chi connectivity index (χ1n) is 12.3. The SMILES string of the molecule is CCCCCCCC(CCOCC1CO1)CC(OCCC)(OCCC)OCCC. The van der Waals surface area contributed by atoms with E-state index < -0.39 is 5.97 Å². The number of unbranched alkanes of at least 4 members (excludes halogenated alkanes) is 4. The molecule has 0 aliphatic carbocycles. The van der Waals surface area contributed by atoms with Crippen LogP contribution in [-0.2, 0) is 23.7 Å². The van der Waals surface area contributed by atoms with Crippen molar-refractivity contribution in [2.75, 3.05) is 39.6 Å². The molecule has 1 fully saturated rings. The quantitative estimate of drug-likeness (QED) is 0.121. The molecule has 1 heterocycles. The average molecular weight is 417 g/mol. The molecule has 1 saturated heterocycles. The Balaban J connectivity index is 2.65. The predicted molar refractivity (Wildman–Crippen MR) is 118 cm³/mol. The highest BCUT2D eigenvalue weighted by molar-refractivity contribution is 4.71. The largest absolute Gasteiger partial charge is 0.379 e. The smallest absolute Gasteiger partial charge is 0.283 e. The Morgan fingerprint density at radius 1 is 0.759 bits per heavy atom. The molecule has 0 amide bonds. The Morgan fingerprint density at radius 3 is 1.86 bits per heavy atom. The molecule has 0 N–H and O–H groups in total. The molecule has 29 heavy (non-hydrogen) atoms. The topological polar surface area (TPSA) is 49.5 Å². The van der Waals surface area contributed by atoms with Crippen LogP contribution in [0.3, 0.4) is 0 Å². The molecular weight excluding hydrogens is 368 g/mol. The fourth-order valence-electron chi connectivity index (χ4n) is 3.44. The maximum Gasteiger partial charge on any atom is 0.283 e. The first kappa shape index (κ1) is 26.8. The van der Waals surface area contributed by atoms with E-state index in [-0.39, 0.29) is 0 Å². The van der Waals surface area contributed by atoms with Crippen LogP contribution in [0.2, 0.25) is 0 Å². The molecule has 0 aromatic heterocycles. The van der Waals surface area contributed by atoms with Crippen molar-refractivity contribution in [1.29, 1.82) is 0 Å². The summed E-state index contributed by atoms with van der Waals surface area (Å²) in [5.74, 6) is -0.433. The Labute approximate surface area is 180 Å². The van der Waals surface area contributed by atoms with Crippen LogP contribution in [-0.4, -0.2) is 51.7 Å². The molecule has 174 valence electrons. The summed E-state index contributed by atoms with van der Waals surface area (Å²) in [5.41, 5.74) is 0. The van der Waals surface area contributed by atoms with Gasteiger partial charge in [0.05, 0.1) is 33.0 Å². The maximum absolute atomic E-state index is 6.21. The average Bonchev–Trinajstić information content (AvgIpc) is 3.56. The van der Waals surface area contributed by atoms with Crippen molar-refractivity contribution >= 4 is 0 Å². The summed E-state index contributed by atoms with van der Waals surface area (Å²) < 4.78 is 29.7. The van der Waals surface area contributed by atoms with Crippen LogP contribution in [0.5, 0.6) is 0 Å². The minimum absolute atomic E-state index is 0.329. The second kappa shape index (κ2) is 17.5. The summed E-state index contributed by atoms with van der Waals surface area (Å²) in [6.07, 6.45) is 12.7. The third-order valence-electron chi connectivity index (χ3n) is 5.21. The van der Waals surface area contributed by atoms with Gasteiger partial charge >= 0.3 is 0 Å². The van der Waals surface area contributed by atoms with E-state index >= 15 is 0 Å². The van der Waals surface area contributed by atoms with Gasteiger partial charge in [-0.25, -0.2) is 0 Å². The van der Waals surface area contributed by atoms with Gasteiger partial charge in [-0.05, 0) is 31.6 Å². The van der Waals surface area contributed by atoms with Crippen LogP contribution in [0.4, 0.5) is 0 Å². The molecule has 0 aromatic carbocycles. The first-order chi connectivity index (χ1) is 14.2. The standard InChI is InChI=1S/C24H48O5/c1-5-9-10-11-12-13-22(14-18-25-20-23-21-26-23)19-24(27-15-6-2,28-16-7-3)29-17-8-4/h22-23H,5-21H2,1-4H3. The van der Waals surface area contributed by atoms with Gasteiger partial charge in [0.25, 0.3) is 5.97 Å². The van der Waals surface area contributed by atoms with Crippen molar-refractivity contribution in [2.45, 2.75) is 110 Å². The summed E-state index contributed by atoms with van der Waals surface area (Å²) >= 11 is 0. The van der Waals surface area contributed by atoms with Crippen molar-refractivity contribution in [3.63, 3.8) is 0 Å². The van der Waals surface area contributed by atoms with Gasteiger partial charge in [0, 0.05) is 13.0 Å². The normalized spacial score (nSPS) is 17.6. The summed E-state index contributed by atoms with van der Waals surface area (Å²) in [4.78, 5) is 0. The van der Waals surface area contributed by atoms with E-state index in [9.17, 15) is 0 Å². The maximum atomic E-state index is 6.21. The van der Waals surface area contributed by atoms with Gasteiger partial charge in [0.2, 0.25) is 0 Å². The zero-order valence-corrected chi connectivity index (χ0v) is 19.7. The van der Waals surface area contributed by atoms with E-state index in [2.05, 4.69) is 27.7 Å². The van der Waals surface area contributed by atoms with Gasteiger partial charge < -0.3 is 23.7 Å². The zero-order valence-electron chi connectivity index (χ0n) is 19.7. The van der Waals surface area contributed by atoms with E-state index in [1.165, 1.54) is 38.5 Å². The summed E-state index contributed by atoms with van der Waals surface area (Å²) in [6, 6.07) is 0. The second-order valence-corrected chi connectivity index (χ2v) is 8.32. The van der Waals surface area contributed by atoms with Crippen LogP contribution in [0.15, 0.2) is 0 Å². The van der Waals surface area contributed by atoms with Gasteiger partial charge in [0.1, 0.15) is 6.10 Å². The van der Waals surface area contributed by atoms with Gasteiger partial charge in [0.15, 0.2) is 0 Å². The molecule has 1 aliphatic heterocycles. The molecular formula is C24H48O5. The molecule has 1 rings (SSSR count). The molecule has 5 nitrogen and oxygen atoms in total. The third-order valence-corrected chi connectivity index (χ3v) is 5.21. The van der Waals surface area contributed by atoms with Crippen molar-refractivity contribution < 1.29 is 23.7 Å². The van der Waals surface area contributed by atoms with Gasteiger partial charge in [-0.1, -0.05) is 66.2 Å². The van der Waals surface area contributed by atoms with E-state index in [0.717, 1.165) is 51.9 Å². The lowest BCUT2D eigenvalue weighted by Crippen LogP contribution is -2.42. The van der Waals surface area contributed by atoms with Crippen molar-refractivity contribution in [3.05, 3.63) is 0 Å². The number of rotatable bonds is 22. The zero-order chi connectivity index (χ0) is 21.2. The van der Waals surface area contributed by atoms with Crippen molar-refractivity contribution in [3.8, 4) is 0 Å². The third kappa shape index (κ3) is 13.7. The molecule has 1 aliphatic rings. The lowest BCUT2D eigenvalue weighted by Gasteiger charge is -2.36. The molecule has 0 radical (unpaired) electrons. The lowest BCUT2D eigenvalue weighted by atomic mass is 9.93. The minimum Gasteiger partial charge on any atom is -0.379 e. The van der Waals surface area contributed by atoms with Crippen molar-refractivity contribution in [2.24, 2.45) is 5.92 Å². The molecule has 2 unspecified atom stereocenters. The Bertz CT molecular complexity index is 337. The van der Waals surface area contributed by atoms with Crippen LogP contribution in [0.25, 0.3) is 0 Å². The molecule has 0 spiro atoms. The molecule has 5 heteroatoms. The summed E-state index contributed by atoms with van der Waals surface area (Å²) in [5, 5.41) is 0. The van der Waals surface area contributed by atoms with Crippen LogP contribution in [0.1, 0.15) is 98.3 Å². The van der Waals surface area contributed by atoms with Gasteiger partial charge in [-0.15, -0.1) is 0 Å². The Hall–Kier alpha value is -0.200. The van der Waals surface area contributed by atoms with Crippen LogP contribution >= 0.6 is 0 Å². The van der Waals surface area contributed by atoms with E-state index in [1.54, 1.807) is 0 Å². The van der Waals surface area contributed by atoms with E-state index in [0.29, 0.717) is 31.8 Å². The molecule has 0 bridgehead atoms. The van der Waals surface area contributed by atoms with Gasteiger partial charge in [-0.2, -0.15) is 0 Å². The fourth-order valence-corrected chi connectivity index (χ4v) is 3.44. The van der Waals surface area contributed by atoms with Crippen molar-refractivity contribution in [1.82, 2.24) is 0 Å². The highest BCUT2D eigenvalue weighted by Crippen LogP contribution is 2.31. The number of ether oxygens (including phenoxy) is 5. The molecule has 0 saturated carbocycles. The predicted octanol–water partition coefficient (Wildman–Crippen LogP) is 6.09. The molecule has 2 atom stereocenters. The number of epoxide rings is 1. The number of hydrogen-bond acceptors (Lipinski definition) is 5. The lowest BCUT2D eigenvalue weighted by molar-refractivity contribution is -0.387. The summed E-state index contributed by atoms with van der Waals surface area (Å²) in [6.45, 7) is 13.0. The monoisotopic (exact) mass is 416 g/mol. The summed E-state index contributed by atoms with van der Waals surface area (Å²) in [7, 11) is 0. The second-order valence-electron chi connectivity index (χ2n) is 8.32. The van der Waals surface area contributed by atoms with Crippen LogP contribution < -0.4 is 0 Å². The Morgan fingerprint density at radius 2 is 1.34 bits per heavy atom. The highest BCUT2D eigenvalue weighted by Gasteiger charge is 2.36. The highest BCUT2D eigenvalue weighted by atomic mass is 16.9. The fraction of sp³-hybridized carbons (Fsp3) is 1.00. The molecule has 0 aromatic rings. The first-order valence-corrected chi connectivity index (χ1v) is 12.3. The Kier molecular flexibility index (Phi) is 16.2. The van der Waals surface area contributed by atoms with Crippen LogP contribution in [0, 0.1) is 5.92 Å².